The predicted molar refractivity (Wildman–Crippen MR) is 73.5 cm³/mol. The number of amides is 1. The fraction of sp³-hybridized carbons (Fsp3) is 0.462. The minimum atomic E-state index is -0.468. The van der Waals surface area contributed by atoms with Gasteiger partial charge in [0.1, 0.15) is 5.75 Å². The average Bonchev–Trinajstić information content (AvgIpc) is 2.32. The molecule has 1 saturated carbocycles. The summed E-state index contributed by atoms with van der Waals surface area (Å²) in [5.41, 5.74) is 11.6. The van der Waals surface area contributed by atoms with Crippen molar-refractivity contribution in [2.45, 2.75) is 37.8 Å². The summed E-state index contributed by atoms with van der Waals surface area (Å²) >= 11 is 3.37. The Labute approximate surface area is 115 Å². The van der Waals surface area contributed by atoms with Crippen molar-refractivity contribution in [3.8, 4) is 5.75 Å². The highest BCUT2D eigenvalue weighted by Crippen LogP contribution is 2.28. The van der Waals surface area contributed by atoms with Crippen LogP contribution in [0.5, 0.6) is 5.75 Å². The lowest BCUT2D eigenvalue weighted by molar-refractivity contribution is 0.0986. The molecule has 0 aromatic heterocycles. The third-order valence-electron chi connectivity index (χ3n) is 3.22. The van der Waals surface area contributed by atoms with E-state index in [2.05, 4.69) is 15.9 Å². The molecular weight excluding hydrogens is 296 g/mol. The van der Waals surface area contributed by atoms with Gasteiger partial charge in [-0.2, -0.15) is 0 Å². The fourth-order valence-electron chi connectivity index (χ4n) is 2.18. The molecule has 1 aliphatic rings. The van der Waals surface area contributed by atoms with Crippen molar-refractivity contribution < 1.29 is 9.53 Å². The highest BCUT2D eigenvalue weighted by atomic mass is 79.9. The number of rotatable bonds is 3. The lowest BCUT2D eigenvalue weighted by atomic mass is 9.93. The van der Waals surface area contributed by atoms with Crippen molar-refractivity contribution in [2.75, 3.05) is 0 Å². The van der Waals surface area contributed by atoms with Gasteiger partial charge < -0.3 is 16.2 Å². The van der Waals surface area contributed by atoms with Crippen molar-refractivity contribution in [2.24, 2.45) is 11.5 Å². The molecular formula is C13H17BrN2O2. The Morgan fingerprint density at radius 1 is 1.28 bits per heavy atom. The van der Waals surface area contributed by atoms with E-state index in [4.69, 9.17) is 16.2 Å². The van der Waals surface area contributed by atoms with Gasteiger partial charge in [-0.05, 0) is 43.9 Å². The smallest absolute Gasteiger partial charge is 0.252 e. The van der Waals surface area contributed by atoms with Gasteiger partial charge in [0.25, 0.3) is 5.91 Å². The quantitative estimate of drug-likeness (QED) is 0.898. The number of benzene rings is 1. The Kier molecular flexibility index (Phi) is 4.24. The lowest BCUT2D eigenvalue weighted by Crippen LogP contribution is -2.32. The first-order valence-corrected chi connectivity index (χ1v) is 6.87. The highest BCUT2D eigenvalue weighted by Gasteiger charge is 2.21. The maximum absolute atomic E-state index is 11.3. The predicted octanol–water partition coefficient (Wildman–Crippen LogP) is 2.20. The van der Waals surface area contributed by atoms with Crippen LogP contribution in [0, 0.1) is 0 Å². The summed E-state index contributed by atoms with van der Waals surface area (Å²) in [6.45, 7) is 0. The van der Waals surface area contributed by atoms with E-state index in [0.717, 1.165) is 30.2 Å². The number of hydrogen-bond donors (Lipinski definition) is 2. The number of ether oxygens (including phenoxy) is 1. The van der Waals surface area contributed by atoms with E-state index >= 15 is 0 Å². The molecule has 98 valence electrons. The van der Waals surface area contributed by atoms with Crippen LogP contribution in [0.3, 0.4) is 0 Å². The molecule has 0 spiro atoms. The van der Waals surface area contributed by atoms with Crippen LogP contribution in [0.25, 0.3) is 0 Å². The summed E-state index contributed by atoms with van der Waals surface area (Å²) in [7, 11) is 0. The van der Waals surface area contributed by atoms with Crippen LogP contribution in [0.15, 0.2) is 22.7 Å². The standard InChI is InChI=1S/C13H17BrN2O2/c14-8-1-6-11(13(16)17)12(7-8)18-10-4-2-9(15)3-5-10/h1,6-7,9-10H,2-5,15H2,(H2,16,17)/t9-,10-. The molecule has 0 unspecified atom stereocenters. The molecule has 18 heavy (non-hydrogen) atoms. The summed E-state index contributed by atoms with van der Waals surface area (Å²) < 4.78 is 6.76. The molecule has 0 heterocycles. The monoisotopic (exact) mass is 312 g/mol. The average molecular weight is 313 g/mol. The van der Waals surface area contributed by atoms with Crippen molar-refractivity contribution >= 4 is 21.8 Å². The first kappa shape index (κ1) is 13.4. The van der Waals surface area contributed by atoms with E-state index < -0.39 is 5.91 Å². The summed E-state index contributed by atoms with van der Waals surface area (Å²) in [6.07, 6.45) is 3.89. The Balaban J connectivity index is 2.12. The van der Waals surface area contributed by atoms with E-state index in [1.807, 2.05) is 0 Å². The third-order valence-corrected chi connectivity index (χ3v) is 3.71. The largest absolute Gasteiger partial charge is 0.490 e. The van der Waals surface area contributed by atoms with Gasteiger partial charge in [-0.15, -0.1) is 0 Å². The second-order valence-electron chi connectivity index (χ2n) is 4.66. The normalized spacial score (nSPS) is 23.7. The van der Waals surface area contributed by atoms with Gasteiger partial charge in [-0.1, -0.05) is 15.9 Å². The molecule has 5 heteroatoms. The zero-order valence-electron chi connectivity index (χ0n) is 10.1. The maximum atomic E-state index is 11.3. The number of primary amides is 1. The third kappa shape index (κ3) is 3.23. The van der Waals surface area contributed by atoms with Crippen LogP contribution >= 0.6 is 15.9 Å². The zero-order valence-corrected chi connectivity index (χ0v) is 11.7. The maximum Gasteiger partial charge on any atom is 0.252 e. The Bertz CT molecular complexity index is 443. The number of carbonyl (C=O) groups excluding carboxylic acids is 1. The molecule has 0 aliphatic heterocycles. The number of halogens is 1. The Morgan fingerprint density at radius 3 is 2.56 bits per heavy atom. The molecule has 0 bridgehead atoms. The van der Waals surface area contributed by atoms with E-state index in [9.17, 15) is 4.79 Å². The first-order valence-electron chi connectivity index (χ1n) is 6.08. The molecule has 0 atom stereocenters. The lowest BCUT2D eigenvalue weighted by Gasteiger charge is -2.27. The van der Waals surface area contributed by atoms with Crippen molar-refractivity contribution in [3.05, 3.63) is 28.2 Å². The highest BCUT2D eigenvalue weighted by molar-refractivity contribution is 9.10. The molecule has 1 aromatic carbocycles. The molecule has 2 rings (SSSR count). The van der Waals surface area contributed by atoms with Crippen molar-refractivity contribution in [1.29, 1.82) is 0 Å². The van der Waals surface area contributed by atoms with Gasteiger partial charge in [-0.25, -0.2) is 0 Å². The fourth-order valence-corrected chi connectivity index (χ4v) is 2.52. The molecule has 4 nitrogen and oxygen atoms in total. The zero-order chi connectivity index (χ0) is 13.1. The van der Waals surface area contributed by atoms with Crippen LogP contribution in [-0.4, -0.2) is 18.1 Å². The summed E-state index contributed by atoms with van der Waals surface area (Å²) in [5, 5.41) is 0. The molecule has 0 radical (unpaired) electrons. The molecule has 0 saturated heterocycles. The summed E-state index contributed by atoms with van der Waals surface area (Å²) in [6, 6.07) is 5.53. The Hall–Kier alpha value is -1.07. The van der Waals surface area contributed by atoms with Crippen LogP contribution in [0.4, 0.5) is 0 Å². The van der Waals surface area contributed by atoms with E-state index in [0.29, 0.717) is 11.3 Å². The second-order valence-corrected chi connectivity index (χ2v) is 5.58. The van der Waals surface area contributed by atoms with Gasteiger partial charge in [0.2, 0.25) is 0 Å². The van der Waals surface area contributed by atoms with Crippen LogP contribution in [-0.2, 0) is 0 Å². The van der Waals surface area contributed by atoms with Crippen LogP contribution < -0.4 is 16.2 Å². The number of hydrogen-bond acceptors (Lipinski definition) is 3. The molecule has 1 fully saturated rings. The second kappa shape index (κ2) is 5.71. The first-order chi connectivity index (χ1) is 8.56. The number of nitrogens with two attached hydrogens (primary N) is 2. The van der Waals surface area contributed by atoms with Gasteiger partial charge >= 0.3 is 0 Å². The van der Waals surface area contributed by atoms with E-state index in [-0.39, 0.29) is 12.1 Å². The minimum absolute atomic E-state index is 0.122. The van der Waals surface area contributed by atoms with Crippen molar-refractivity contribution in [1.82, 2.24) is 0 Å². The van der Waals surface area contributed by atoms with Gasteiger partial charge in [0.15, 0.2) is 0 Å². The molecule has 1 aliphatic carbocycles. The summed E-state index contributed by atoms with van der Waals surface area (Å²) in [4.78, 5) is 11.3. The van der Waals surface area contributed by atoms with Crippen molar-refractivity contribution in [3.63, 3.8) is 0 Å². The SMILES string of the molecule is NC(=O)c1ccc(Br)cc1O[C@H]1CC[C@H](N)CC1. The van der Waals surface area contributed by atoms with E-state index in [1.54, 1.807) is 18.2 Å². The van der Waals surface area contributed by atoms with Gasteiger partial charge in [-0.3, -0.25) is 4.79 Å². The molecule has 1 amide bonds. The topological polar surface area (TPSA) is 78.3 Å². The van der Waals surface area contributed by atoms with Gasteiger partial charge in [0, 0.05) is 10.5 Å². The Morgan fingerprint density at radius 2 is 1.94 bits per heavy atom. The summed E-state index contributed by atoms with van der Waals surface area (Å²) in [5.74, 6) is 0.0855. The number of carbonyl (C=O) groups is 1. The minimum Gasteiger partial charge on any atom is -0.490 e. The van der Waals surface area contributed by atoms with Gasteiger partial charge in [0.05, 0.1) is 11.7 Å². The van der Waals surface area contributed by atoms with Crippen LogP contribution in [0.1, 0.15) is 36.0 Å². The van der Waals surface area contributed by atoms with Crippen LogP contribution in [0.2, 0.25) is 0 Å². The molecule has 4 N–H and O–H groups in total. The molecule has 1 aromatic rings. The van der Waals surface area contributed by atoms with E-state index in [1.165, 1.54) is 0 Å².